The van der Waals surface area contributed by atoms with Crippen molar-refractivity contribution in [3.05, 3.63) is 40.0 Å². The number of nitrogen functional groups attached to an aromatic ring is 1. The second-order valence-corrected chi connectivity index (χ2v) is 4.35. The van der Waals surface area contributed by atoms with Gasteiger partial charge in [0.05, 0.1) is 10.7 Å². The third-order valence-corrected chi connectivity index (χ3v) is 2.61. The Hall–Kier alpha value is -1.52. The molecule has 3 N–H and O–H groups in total. The van der Waals surface area contributed by atoms with Crippen molar-refractivity contribution in [3.63, 3.8) is 0 Å². The van der Waals surface area contributed by atoms with E-state index < -0.39 is 0 Å². The molecule has 88 valence electrons. The maximum Gasteiger partial charge on any atom is 0.222 e. The van der Waals surface area contributed by atoms with Crippen molar-refractivity contribution < 1.29 is 0 Å². The Morgan fingerprint density at radius 2 is 1.94 bits per heavy atom. The van der Waals surface area contributed by atoms with Gasteiger partial charge in [0.1, 0.15) is 5.82 Å². The second-order valence-electron chi connectivity index (χ2n) is 3.50. The molecule has 1 aromatic heterocycles. The summed E-state index contributed by atoms with van der Waals surface area (Å²) in [6, 6.07) is 6.95. The van der Waals surface area contributed by atoms with Gasteiger partial charge < -0.3 is 11.1 Å². The minimum absolute atomic E-state index is 0.220. The quantitative estimate of drug-likeness (QED) is 0.876. The first kappa shape index (κ1) is 12.0. The molecule has 0 saturated carbocycles. The lowest BCUT2D eigenvalue weighted by Gasteiger charge is -2.08. The van der Waals surface area contributed by atoms with Crippen LogP contribution in [0, 0.1) is 6.92 Å². The van der Waals surface area contributed by atoms with Crippen LogP contribution in [0.3, 0.4) is 0 Å². The van der Waals surface area contributed by atoms with Gasteiger partial charge in [-0.2, -0.15) is 4.98 Å². The zero-order valence-corrected chi connectivity index (χ0v) is 10.5. The molecule has 0 atom stereocenters. The van der Waals surface area contributed by atoms with Gasteiger partial charge in [0.25, 0.3) is 0 Å². The van der Waals surface area contributed by atoms with E-state index in [2.05, 4.69) is 15.3 Å². The third kappa shape index (κ3) is 2.99. The molecule has 17 heavy (non-hydrogen) atoms. The fourth-order valence-electron chi connectivity index (χ4n) is 1.38. The normalized spacial score (nSPS) is 10.3. The molecule has 0 aliphatic rings. The van der Waals surface area contributed by atoms with Gasteiger partial charge in [0.15, 0.2) is 0 Å². The van der Waals surface area contributed by atoms with E-state index in [9.17, 15) is 0 Å². The molecule has 0 radical (unpaired) electrons. The van der Waals surface area contributed by atoms with Crippen molar-refractivity contribution >= 4 is 40.7 Å². The van der Waals surface area contributed by atoms with E-state index >= 15 is 0 Å². The molecule has 4 nitrogen and oxygen atoms in total. The van der Waals surface area contributed by atoms with E-state index in [0.717, 1.165) is 5.69 Å². The summed E-state index contributed by atoms with van der Waals surface area (Å²) in [6.07, 6.45) is 0. The number of aryl methyl sites for hydroxylation is 1. The fourth-order valence-corrected chi connectivity index (χ4v) is 1.84. The summed E-state index contributed by atoms with van der Waals surface area (Å²) in [5, 5.41) is 4.16. The summed E-state index contributed by atoms with van der Waals surface area (Å²) in [7, 11) is 0. The van der Waals surface area contributed by atoms with Crippen LogP contribution in [0.15, 0.2) is 24.3 Å². The smallest absolute Gasteiger partial charge is 0.222 e. The molecule has 2 rings (SSSR count). The molecular formula is C11H10Cl2N4. The molecule has 2 aromatic rings. The van der Waals surface area contributed by atoms with E-state index in [4.69, 9.17) is 28.9 Å². The van der Waals surface area contributed by atoms with Gasteiger partial charge in [-0.3, -0.25) is 0 Å². The number of nitrogens with one attached hydrogen (secondary N) is 1. The average Bonchev–Trinajstić information content (AvgIpc) is 2.21. The lowest BCUT2D eigenvalue weighted by Crippen LogP contribution is -2.01. The Bertz CT molecular complexity index is 537. The Morgan fingerprint density at radius 1 is 1.18 bits per heavy atom. The molecule has 0 aliphatic heterocycles. The van der Waals surface area contributed by atoms with E-state index in [1.165, 1.54) is 0 Å². The highest BCUT2D eigenvalue weighted by molar-refractivity contribution is 6.36. The molecule has 1 heterocycles. The number of anilines is 3. The lowest BCUT2D eigenvalue weighted by atomic mass is 10.3. The van der Waals surface area contributed by atoms with Gasteiger partial charge >= 0.3 is 0 Å². The zero-order valence-electron chi connectivity index (χ0n) is 9.04. The summed E-state index contributed by atoms with van der Waals surface area (Å²) in [4.78, 5) is 8.04. The van der Waals surface area contributed by atoms with Gasteiger partial charge in [-0.15, -0.1) is 0 Å². The molecule has 0 amide bonds. The number of aromatic nitrogens is 2. The van der Waals surface area contributed by atoms with Crippen LogP contribution in [-0.4, -0.2) is 9.97 Å². The minimum atomic E-state index is 0.220. The number of nitrogens with two attached hydrogens (primary N) is 1. The van der Waals surface area contributed by atoms with Crippen molar-refractivity contribution in [1.29, 1.82) is 0 Å². The molecule has 1 aromatic carbocycles. The zero-order chi connectivity index (χ0) is 12.4. The Kier molecular flexibility index (Phi) is 3.36. The summed E-state index contributed by atoms with van der Waals surface area (Å²) in [5.41, 5.74) is 7.06. The predicted molar refractivity (Wildman–Crippen MR) is 70.9 cm³/mol. The first-order valence-corrected chi connectivity index (χ1v) is 5.63. The van der Waals surface area contributed by atoms with Gasteiger partial charge in [0.2, 0.25) is 5.95 Å². The number of nitrogens with zero attached hydrogens (tertiary/aromatic N) is 2. The van der Waals surface area contributed by atoms with Gasteiger partial charge in [-0.25, -0.2) is 4.98 Å². The molecule has 0 aliphatic carbocycles. The number of benzene rings is 1. The van der Waals surface area contributed by atoms with Gasteiger partial charge in [0, 0.05) is 16.8 Å². The van der Waals surface area contributed by atoms with Gasteiger partial charge in [-0.1, -0.05) is 23.2 Å². The standard InChI is InChI=1S/C11H10Cl2N4/c1-6-4-10(17-11(14)15-6)16-9-3-2-7(12)5-8(9)13/h2-5H,1H3,(H3,14,15,16,17). The SMILES string of the molecule is Cc1cc(Nc2ccc(Cl)cc2Cl)nc(N)n1. The summed E-state index contributed by atoms with van der Waals surface area (Å²) >= 11 is 11.8. The Morgan fingerprint density at radius 3 is 2.59 bits per heavy atom. The highest BCUT2D eigenvalue weighted by atomic mass is 35.5. The molecule has 0 spiro atoms. The molecule has 0 bridgehead atoms. The van der Waals surface area contributed by atoms with Crippen LogP contribution < -0.4 is 11.1 Å². The van der Waals surface area contributed by atoms with E-state index in [-0.39, 0.29) is 5.95 Å². The van der Waals surface area contributed by atoms with Crippen molar-refractivity contribution in [2.75, 3.05) is 11.1 Å². The first-order chi connectivity index (χ1) is 8.04. The van der Waals surface area contributed by atoms with Crippen LogP contribution in [0.4, 0.5) is 17.5 Å². The summed E-state index contributed by atoms with van der Waals surface area (Å²) in [5.74, 6) is 0.816. The van der Waals surface area contributed by atoms with Crippen LogP contribution >= 0.6 is 23.2 Å². The number of halogens is 2. The average molecular weight is 269 g/mol. The monoisotopic (exact) mass is 268 g/mol. The molecule has 0 fully saturated rings. The maximum atomic E-state index is 6.04. The topological polar surface area (TPSA) is 63.8 Å². The largest absolute Gasteiger partial charge is 0.368 e. The Balaban J connectivity index is 2.31. The van der Waals surface area contributed by atoms with Gasteiger partial charge in [-0.05, 0) is 25.1 Å². The number of hydrogen-bond acceptors (Lipinski definition) is 4. The predicted octanol–water partition coefficient (Wildman–Crippen LogP) is 3.42. The molecule has 0 unspecified atom stereocenters. The molecular weight excluding hydrogens is 259 g/mol. The van der Waals surface area contributed by atoms with Crippen LogP contribution in [0.5, 0.6) is 0 Å². The van der Waals surface area contributed by atoms with Crippen LogP contribution in [-0.2, 0) is 0 Å². The van der Waals surface area contributed by atoms with E-state index in [1.54, 1.807) is 24.3 Å². The van der Waals surface area contributed by atoms with Crippen LogP contribution in [0.2, 0.25) is 10.0 Å². The maximum absolute atomic E-state index is 6.04. The van der Waals surface area contributed by atoms with Crippen molar-refractivity contribution in [2.24, 2.45) is 0 Å². The third-order valence-electron chi connectivity index (χ3n) is 2.07. The minimum Gasteiger partial charge on any atom is -0.368 e. The molecule has 6 heteroatoms. The second kappa shape index (κ2) is 4.77. The lowest BCUT2D eigenvalue weighted by molar-refractivity contribution is 1.12. The van der Waals surface area contributed by atoms with Crippen molar-refractivity contribution in [1.82, 2.24) is 9.97 Å². The fraction of sp³-hybridized carbons (Fsp3) is 0.0909. The molecule has 0 saturated heterocycles. The highest BCUT2D eigenvalue weighted by Crippen LogP contribution is 2.27. The Labute approximate surface area is 109 Å². The number of rotatable bonds is 2. The van der Waals surface area contributed by atoms with Crippen molar-refractivity contribution in [2.45, 2.75) is 6.92 Å². The van der Waals surface area contributed by atoms with Crippen LogP contribution in [0.25, 0.3) is 0 Å². The first-order valence-electron chi connectivity index (χ1n) is 4.88. The van der Waals surface area contributed by atoms with Crippen LogP contribution in [0.1, 0.15) is 5.69 Å². The highest BCUT2D eigenvalue weighted by Gasteiger charge is 2.04. The van der Waals surface area contributed by atoms with E-state index in [1.807, 2.05) is 6.92 Å². The van der Waals surface area contributed by atoms with E-state index in [0.29, 0.717) is 21.6 Å². The number of hydrogen-bond donors (Lipinski definition) is 2. The van der Waals surface area contributed by atoms with Crippen molar-refractivity contribution in [3.8, 4) is 0 Å². The summed E-state index contributed by atoms with van der Waals surface area (Å²) < 4.78 is 0. The summed E-state index contributed by atoms with van der Waals surface area (Å²) in [6.45, 7) is 1.84.